The molecule has 0 bridgehead atoms. The molecule has 2 rings (SSSR count). The third-order valence-corrected chi connectivity index (χ3v) is 2.75. The second-order valence-corrected chi connectivity index (χ2v) is 3.75. The number of alkyl halides is 2. The van der Waals surface area contributed by atoms with Crippen LogP contribution in [-0.4, -0.2) is 26.9 Å². The molecule has 0 amide bonds. The van der Waals surface area contributed by atoms with Crippen LogP contribution in [0.2, 0.25) is 0 Å². The smallest absolute Gasteiger partial charge is 0.322 e. The molecule has 90 valence electrons. The van der Waals surface area contributed by atoms with Crippen molar-refractivity contribution in [3.05, 3.63) is 34.1 Å². The highest BCUT2D eigenvalue weighted by Crippen LogP contribution is 2.61. The number of carbonyl (C=O) groups is 1. The minimum Gasteiger partial charge on any atom is -0.480 e. The molecule has 0 aliphatic heterocycles. The highest BCUT2D eigenvalue weighted by atomic mass is 19.3. The molecule has 0 aromatic carbocycles. The molecule has 1 fully saturated rings. The van der Waals surface area contributed by atoms with E-state index in [2.05, 4.69) is 4.98 Å². The highest BCUT2D eigenvalue weighted by Gasteiger charge is 2.78. The second kappa shape index (κ2) is 3.19. The van der Waals surface area contributed by atoms with Crippen molar-refractivity contribution >= 4 is 11.7 Å². The SMILES string of the molecule is O=C(O)C1(c2ccc([N+](=O)[O-])cn2)CC1(F)F. The van der Waals surface area contributed by atoms with Crippen LogP contribution in [0.5, 0.6) is 0 Å². The van der Waals surface area contributed by atoms with E-state index in [0.29, 0.717) is 0 Å². The number of aliphatic carboxylic acids is 1. The average molecular weight is 244 g/mol. The number of carboxylic acid groups (broad SMARTS) is 1. The van der Waals surface area contributed by atoms with E-state index in [1.165, 1.54) is 0 Å². The van der Waals surface area contributed by atoms with Crippen molar-refractivity contribution in [2.45, 2.75) is 17.8 Å². The van der Waals surface area contributed by atoms with Gasteiger partial charge < -0.3 is 5.11 Å². The van der Waals surface area contributed by atoms with Gasteiger partial charge in [0.05, 0.1) is 10.6 Å². The van der Waals surface area contributed by atoms with E-state index in [-0.39, 0.29) is 11.4 Å². The van der Waals surface area contributed by atoms with Crippen LogP contribution in [0.25, 0.3) is 0 Å². The van der Waals surface area contributed by atoms with E-state index in [9.17, 15) is 23.7 Å². The summed E-state index contributed by atoms with van der Waals surface area (Å²) in [7, 11) is 0. The normalized spacial score (nSPS) is 25.3. The zero-order chi connectivity index (χ0) is 12.8. The van der Waals surface area contributed by atoms with Gasteiger partial charge >= 0.3 is 5.97 Å². The van der Waals surface area contributed by atoms with Crippen LogP contribution < -0.4 is 0 Å². The summed E-state index contributed by atoms with van der Waals surface area (Å²) in [6, 6.07) is 1.91. The topological polar surface area (TPSA) is 93.3 Å². The third-order valence-electron chi connectivity index (χ3n) is 2.75. The lowest BCUT2D eigenvalue weighted by Gasteiger charge is -2.09. The van der Waals surface area contributed by atoms with E-state index in [4.69, 9.17) is 5.11 Å². The number of nitrogens with zero attached hydrogens (tertiary/aromatic N) is 2. The molecule has 8 heteroatoms. The first-order valence-corrected chi connectivity index (χ1v) is 4.53. The molecular weight excluding hydrogens is 238 g/mol. The molecule has 1 aromatic heterocycles. The van der Waals surface area contributed by atoms with Gasteiger partial charge in [-0.1, -0.05) is 0 Å². The highest BCUT2D eigenvalue weighted by molar-refractivity contribution is 5.87. The van der Waals surface area contributed by atoms with Crippen molar-refractivity contribution < 1.29 is 23.6 Å². The quantitative estimate of drug-likeness (QED) is 0.639. The fourth-order valence-corrected chi connectivity index (χ4v) is 1.65. The Balaban J connectivity index is 2.41. The lowest BCUT2D eigenvalue weighted by atomic mass is 10.0. The molecule has 1 saturated carbocycles. The van der Waals surface area contributed by atoms with E-state index in [0.717, 1.165) is 18.3 Å². The number of nitro groups is 1. The average Bonchev–Trinajstić information content (AvgIpc) is 2.83. The maximum Gasteiger partial charge on any atom is 0.322 e. The summed E-state index contributed by atoms with van der Waals surface area (Å²) in [5.74, 6) is -5.04. The van der Waals surface area contributed by atoms with Crippen molar-refractivity contribution in [1.29, 1.82) is 0 Å². The summed E-state index contributed by atoms with van der Waals surface area (Å²) in [5.41, 5.74) is -3.07. The summed E-state index contributed by atoms with van der Waals surface area (Å²) < 4.78 is 26.2. The van der Waals surface area contributed by atoms with E-state index in [1.54, 1.807) is 0 Å². The predicted octanol–water partition coefficient (Wildman–Crippen LogP) is 1.35. The molecule has 1 aromatic rings. The molecule has 1 heterocycles. The van der Waals surface area contributed by atoms with Crippen LogP contribution >= 0.6 is 0 Å². The van der Waals surface area contributed by atoms with Gasteiger partial charge in [-0.15, -0.1) is 0 Å². The Morgan fingerprint density at radius 3 is 2.41 bits per heavy atom. The summed E-state index contributed by atoms with van der Waals surface area (Å²) in [6.07, 6.45) is -0.0609. The van der Waals surface area contributed by atoms with Gasteiger partial charge in [-0.2, -0.15) is 0 Å². The molecule has 0 saturated heterocycles. The summed E-state index contributed by atoms with van der Waals surface area (Å²) >= 11 is 0. The summed E-state index contributed by atoms with van der Waals surface area (Å²) in [4.78, 5) is 23.9. The minimum atomic E-state index is -3.36. The first kappa shape index (κ1) is 11.4. The molecule has 17 heavy (non-hydrogen) atoms. The first-order chi connectivity index (χ1) is 7.81. The van der Waals surface area contributed by atoms with Gasteiger partial charge in [-0.25, -0.2) is 8.78 Å². The van der Waals surface area contributed by atoms with Gasteiger partial charge in [-0.05, 0) is 6.07 Å². The van der Waals surface area contributed by atoms with Gasteiger partial charge in [0.2, 0.25) is 0 Å². The molecule has 1 N–H and O–H groups in total. The van der Waals surface area contributed by atoms with E-state index >= 15 is 0 Å². The molecule has 1 atom stereocenters. The number of aromatic nitrogens is 1. The number of halogens is 2. The zero-order valence-corrected chi connectivity index (χ0v) is 8.26. The lowest BCUT2D eigenvalue weighted by Crippen LogP contribution is -2.28. The summed E-state index contributed by atoms with van der Waals surface area (Å²) in [6.45, 7) is 0. The van der Waals surface area contributed by atoms with Gasteiger partial charge in [0, 0.05) is 12.5 Å². The van der Waals surface area contributed by atoms with Gasteiger partial charge in [0.1, 0.15) is 6.20 Å². The molecule has 1 unspecified atom stereocenters. The number of rotatable bonds is 3. The number of carboxylic acids is 1. The molecule has 0 radical (unpaired) electrons. The Kier molecular flexibility index (Phi) is 2.13. The van der Waals surface area contributed by atoms with Crippen LogP contribution in [0.1, 0.15) is 12.1 Å². The van der Waals surface area contributed by atoms with Gasteiger partial charge in [-0.3, -0.25) is 19.9 Å². The molecule has 6 nitrogen and oxygen atoms in total. The Hall–Kier alpha value is -2.12. The van der Waals surface area contributed by atoms with Gasteiger partial charge in [0.25, 0.3) is 11.6 Å². The maximum absolute atomic E-state index is 13.1. The van der Waals surface area contributed by atoms with Crippen molar-refractivity contribution in [3.8, 4) is 0 Å². The molecule has 0 spiro atoms. The number of hydrogen-bond acceptors (Lipinski definition) is 4. The van der Waals surface area contributed by atoms with Crippen molar-refractivity contribution in [3.63, 3.8) is 0 Å². The second-order valence-electron chi connectivity index (χ2n) is 3.75. The Bertz CT molecular complexity index is 502. The standard InChI is InChI=1S/C9H6F2N2O4/c10-9(11)4-8(9,7(14)15)6-2-1-5(3-12-6)13(16)17/h1-3H,4H2,(H,14,15). The molecule has 1 aliphatic carbocycles. The maximum atomic E-state index is 13.1. The third kappa shape index (κ3) is 1.44. The van der Waals surface area contributed by atoms with Crippen molar-refractivity contribution in [2.75, 3.05) is 0 Å². The first-order valence-electron chi connectivity index (χ1n) is 4.53. The predicted molar refractivity (Wildman–Crippen MR) is 49.8 cm³/mol. The van der Waals surface area contributed by atoms with Crippen LogP contribution in [0.15, 0.2) is 18.3 Å². The lowest BCUT2D eigenvalue weighted by molar-refractivity contribution is -0.385. The van der Waals surface area contributed by atoms with Gasteiger partial charge in [0.15, 0.2) is 5.41 Å². The van der Waals surface area contributed by atoms with Crippen molar-refractivity contribution in [1.82, 2.24) is 4.98 Å². The summed E-state index contributed by atoms with van der Waals surface area (Å²) in [5, 5.41) is 19.2. The molecule has 1 aliphatic rings. The zero-order valence-electron chi connectivity index (χ0n) is 8.26. The van der Waals surface area contributed by atoms with Crippen LogP contribution in [0, 0.1) is 10.1 Å². The Morgan fingerprint density at radius 1 is 1.53 bits per heavy atom. The monoisotopic (exact) mass is 244 g/mol. The Labute approximate surface area is 93.0 Å². The van der Waals surface area contributed by atoms with Crippen LogP contribution in [0.3, 0.4) is 0 Å². The largest absolute Gasteiger partial charge is 0.480 e. The number of pyridine rings is 1. The molecular formula is C9H6F2N2O4. The van der Waals surface area contributed by atoms with E-state index < -0.39 is 28.7 Å². The number of hydrogen-bond donors (Lipinski definition) is 1. The van der Waals surface area contributed by atoms with Crippen LogP contribution in [0.4, 0.5) is 14.5 Å². The fourth-order valence-electron chi connectivity index (χ4n) is 1.65. The van der Waals surface area contributed by atoms with Crippen molar-refractivity contribution in [2.24, 2.45) is 0 Å². The van der Waals surface area contributed by atoms with Crippen LogP contribution in [-0.2, 0) is 10.2 Å². The van der Waals surface area contributed by atoms with E-state index in [1.807, 2.05) is 0 Å². The minimum absolute atomic E-state index is 0.361. The Morgan fingerprint density at radius 2 is 2.12 bits per heavy atom. The fraction of sp³-hybridized carbons (Fsp3) is 0.333.